The molecule has 0 spiro atoms. The Morgan fingerprint density at radius 3 is 3.00 bits per heavy atom. The van der Waals surface area contributed by atoms with Crippen molar-refractivity contribution in [3.63, 3.8) is 0 Å². The number of amides is 1. The number of oxime groups is 1. The third-order valence-electron chi connectivity index (χ3n) is 1.36. The van der Waals surface area contributed by atoms with Gasteiger partial charge in [0.05, 0.1) is 5.69 Å². The number of carbonyl (C=O) groups is 1. The zero-order chi connectivity index (χ0) is 10.6. The second-order valence-corrected chi connectivity index (χ2v) is 3.27. The van der Waals surface area contributed by atoms with E-state index in [0.717, 1.165) is 0 Å². The Bertz CT molecular complexity index is 382. The van der Waals surface area contributed by atoms with E-state index in [2.05, 4.69) is 26.4 Å². The zero-order valence-corrected chi connectivity index (χ0v) is 8.45. The van der Waals surface area contributed by atoms with Crippen molar-refractivity contribution in [2.45, 2.75) is 0 Å². The van der Waals surface area contributed by atoms with Crippen LogP contribution >= 0.6 is 15.9 Å². The number of carbonyl (C=O) groups excluding carboxylic acids is 1. The lowest BCUT2D eigenvalue weighted by atomic mass is 10.3. The summed E-state index contributed by atoms with van der Waals surface area (Å²) in [6.07, 6.45) is 0.639. The van der Waals surface area contributed by atoms with E-state index < -0.39 is 11.7 Å². The first-order valence-electron chi connectivity index (χ1n) is 3.57. The third kappa shape index (κ3) is 2.81. The van der Waals surface area contributed by atoms with Gasteiger partial charge in [-0.15, -0.1) is 0 Å². The Morgan fingerprint density at radius 1 is 1.64 bits per heavy atom. The molecule has 0 heterocycles. The van der Waals surface area contributed by atoms with Crippen molar-refractivity contribution in [3.8, 4) is 0 Å². The summed E-state index contributed by atoms with van der Waals surface area (Å²) in [6.45, 7) is 0. The highest BCUT2D eigenvalue weighted by atomic mass is 79.9. The van der Waals surface area contributed by atoms with Crippen molar-refractivity contribution in [2.24, 2.45) is 5.16 Å². The molecule has 1 amide bonds. The van der Waals surface area contributed by atoms with Crippen LogP contribution in [0.1, 0.15) is 0 Å². The van der Waals surface area contributed by atoms with E-state index in [1.54, 1.807) is 0 Å². The Hall–Kier alpha value is -1.43. The molecule has 74 valence electrons. The molecule has 0 bridgehead atoms. The lowest BCUT2D eigenvalue weighted by molar-refractivity contribution is -0.110. The molecule has 0 atom stereocenters. The number of hydrogen-bond donors (Lipinski definition) is 2. The van der Waals surface area contributed by atoms with Gasteiger partial charge in [-0.3, -0.25) is 4.79 Å². The van der Waals surface area contributed by atoms with E-state index in [1.165, 1.54) is 18.2 Å². The van der Waals surface area contributed by atoms with Crippen LogP contribution < -0.4 is 5.32 Å². The first-order valence-corrected chi connectivity index (χ1v) is 4.36. The molecule has 0 aromatic heterocycles. The predicted octanol–water partition coefficient (Wildman–Crippen LogP) is 1.99. The number of nitrogens with one attached hydrogen (secondary N) is 1. The standard InChI is InChI=1S/C8H6BrFN2O2/c9-5-1-2-6(10)7(3-5)12-8(13)4-11-14/h1-4,14H,(H,12,13)/b11-4+. The lowest BCUT2D eigenvalue weighted by Crippen LogP contribution is -2.13. The van der Waals surface area contributed by atoms with Crippen molar-refractivity contribution >= 4 is 33.7 Å². The summed E-state index contributed by atoms with van der Waals surface area (Å²) in [4.78, 5) is 10.9. The molecule has 1 rings (SSSR count). The van der Waals surface area contributed by atoms with Crippen LogP contribution in [0.15, 0.2) is 27.8 Å². The molecule has 0 aliphatic heterocycles. The summed E-state index contributed by atoms with van der Waals surface area (Å²) in [5.74, 6) is -1.27. The quantitative estimate of drug-likeness (QED) is 0.485. The largest absolute Gasteiger partial charge is 0.411 e. The van der Waals surface area contributed by atoms with Crippen molar-refractivity contribution in [1.82, 2.24) is 0 Å². The van der Waals surface area contributed by atoms with Gasteiger partial charge in [-0.1, -0.05) is 21.1 Å². The van der Waals surface area contributed by atoms with E-state index in [9.17, 15) is 9.18 Å². The normalized spacial score (nSPS) is 10.4. The summed E-state index contributed by atoms with van der Waals surface area (Å²) in [5.41, 5.74) is 0.0178. The average Bonchev–Trinajstić information content (AvgIpc) is 2.12. The Labute approximate surface area is 87.5 Å². The minimum Gasteiger partial charge on any atom is -0.411 e. The van der Waals surface area contributed by atoms with Gasteiger partial charge in [0.2, 0.25) is 0 Å². The van der Waals surface area contributed by atoms with Crippen molar-refractivity contribution < 1.29 is 14.4 Å². The number of benzene rings is 1. The Kier molecular flexibility index (Phi) is 3.58. The fourth-order valence-corrected chi connectivity index (χ4v) is 1.17. The molecule has 0 fully saturated rings. The number of hydrogen-bond acceptors (Lipinski definition) is 3. The fraction of sp³-hybridized carbons (Fsp3) is 0. The maximum absolute atomic E-state index is 13.0. The topological polar surface area (TPSA) is 61.7 Å². The van der Waals surface area contributed by atoms with Crippen molar-refractivity contribution in [1.29, 1.82) is 0 Å². The minimum absolute atomic E-state index is 0.0178. The highest BCUT2D eigenvalue weighted by molar-refractivity contribution is 9.10. The second-order valence-electron chi connectivity index (χ2n) is 2.36. The molecule has 1 aromatic rings. The highest BCUT2D eigenvalue weighted by Crippen LogP contribution is 2.19. The molecule has 2 N–H and O–H groups in total. The van der Waals surface area contributed by atoms with Crippen LogP contribution in [-0.2, 0) is 4.79 Å². The molecule has 1 aromatic carbocycles. The molecule has 0 aliphatic rings. The molecule has 4 nitrogen and oxygen atoms in total. The first kappa shape index (κ1) is 10.6. The summed E-state index contributed by atoms with van der Waals surface area (Å²) in [7, 11) is 0. The molecular formula is C8H6BrFN2O2. The van der Waals surface area contributed by atoms with Gasteiger partial charge < -0.3 is 10.5 Å². The number of halogens is 2. The lowest BCUT2D eigenvalue weighted by Gasteiger charge is -2.03. The maximum atomic E-state index is 13.0. The molecule has 0 radical (unpaired) electrons. The van der Waals surface area contributed by atoms with E-state index >= 15 is 0 Å². The zero-order valence-electron chi connectivity index (χ0n) is 6.87. The van der Waals surface area contributed by atoms with Crippen LogP contribution in [-0.4, -0.2) is 17.3 Å². The fourth-order valence-electron chi connectivity index (χ4n) is 0.811. The van der Waals surface area contributed by atoms with Gasteiger partial charge in [0.1, 0.15) is 12.0 Å². The van der Waals surface area contributed by atoms with Gasteiger partial charge in [0, 0.05) is 4.47 Å². The first-order chi connectivity index (χ1) is 6.63. The smallest absolute Gasteiger partial charge is 0.270 e. The summed E-state index contributed by atoms with van der Waals surface area (Å²) in [5, 5.41) is 12.8. The highest BCUT2D eigenvalue weighted by Gasteiger charge is 2.05. The monoisotopic (exact) mass is 260 g/mol. The van der Waals surface area contributed by atoms with Gasteiger partial charge >= 0.3 is 0 Å². The van der Waals surface area contributed by atoms with Crippen LogP contribution in [0, 0.1) is 5.82 Å². The van der Waals surface area contributed by atoms with Gasteiger partial charge in [-0.25, -0.2) is 4.39 Å². The summed E-state index contributed by atoms with van der Waals surface area (Å²) in [6, 6.07) is 4.11. The van der Waals surface area contributed by atoms with E-state index in [0.29, 0.717) is 10.7 Å². The van der Waals surface area contributed by atoms with Gasteiger partial charge in [-0.2, -0.15) is 0 Å². The van der Waals surface area contributed by atoms with Gasteiger partial charge in [0.15, 0.2) is 0 Å². The molecule has 0 aliphatic carbocycles. The van der Waals surface area contributed by atoms with Crippen molar-refractivity contribution in [2.75, 3.05) is 5.32 Å². The molecular weight excluding hydrogens is 255 g/mol. The molecule has 0 saturated heterocycles. The maximum Gasteiger partial charge on any atom is 0.270 e. The van der Waals surface area contributed by atoms with Crippen LogP contribution in [0.2, 0.25) is 0 Å². The molecule has 0 saturated carbocycles. The number of nitrogens with zero attached hydrogens (tertiary/aromatic N) is 1. The molecule has 6 heteroatoms. The molecule has 0 unspecified atom stereocenters. The minimum atomic E-state index is -0.704. The van der Waals surface area contributed by atoms with Crippen LogP contribution in [0.25, 0.3) is 0 Å². The van der Waals surface area contributed by atoms with Gasteiger partial charge in [-0.05, 0) is 18.2 Å². The van der Waals surface area contributed by atoms with E-state index in [4.69, 9.17) is 5.21 Å². The molecule has 14 heavy (non-hydrogen) atoms. The second kappa shape index (κ2) is 4.71. The average molecular weight is 261 g/mol. The number of rotatable bonds is 2. The van der Waals surface area contributed by atoms with E-state index in [-0.39, 0.29) is 5.69 Å². The Balaban J connectivity index is 2.85. The third-order valence-corrected chi connectivity index (χ3v) is 1.85. The van der Waals surface area contributed by atoms with Crippen LogP contribution in [0.3, 0.4) is 0 Å². The van der Waals surface area contributed by atoms with Gasteiger partial charge in [0.25, 0.3) is 5.91 Å². The van der Waals surface area contributed by atoms with Crippen LogP contribution in [0.5, 0.6) is 0 Å². The summed E-state index contributed by atoms with van der Waals surface area (Å²) < 4.78 is 13.7. The van der Waals surface area contributed by atoms with E-state index in [1.807, 2.05) is 0 Å². The number of anilines is 1. The SMILES string of the molecule is O=C(/C=N/O)Nc1cc(Br)ccc1F. The summed E-state index contributed by atoms with van der Waals surface area (Å²) >= 11 is 3.12. The predicted molar refractivity (Wildman–Crippen MR) is 53.0 cm³/mol. The van der Waals surface area contributed by atoms with Crippen LogP contribution in [0.4, 0.5) is 10.1 Å². The van der Waals surface area contributed by atoms with Crippen molar-refractivity contribution in [3.05, 3.63) is 28.5 Å². The Morgan fingerprint density at radius 2 is 2.36 bits per heavy atom.